The summed E-state index contributed by atoms with van der Waals surface area (Å²) in [6.45, 7) is 7.19. The summed E-state index contributed by atoms with van der Waals surface area (Å²) in [7, 11) is 0. The molecule has 0 spiro atoms. The smallest absolute Gasteiger partial charge is 0.308 e. The van der Waals surface area contributed by atoms with Crippen LogP contribution < -0.4 is 0 Å². The molecule has 7 heteroatoms. The van der Waals surface area contributed by atoms with E-state index in [4.69, 9.17) is 4.74 Å². The number of carboxylic acids is 1. The van der Waals surface area contributed by atoms with Crippen molar-refractivity contribution in [2.24, 2.45) is 5.92 Å². The monoisotopic (exact) mass is 347 g/mol. The van der Waals surface area contributed by atoms with Gasteiger partial charge in [-0.05, 0) is 38.0 Å². The standard InChI is InChI=1S/C18H25N3O4/c1-4-25-7-5-6-21(11-13(3)18(23)24)17(22)15-9-12(2)8-14-10-19-20-16(14)15/h8-10,13H,4-7,11H2,1-3H3,(H,19,20)(H,23,24). The molecule has 1 aromatic carbocycles. The number of rotatable bonds is 9. The maximum Gasteiger partial charge on any atom is 0.308 e. The number of nitrogens with zero attached hydrogens (tertiary/aromatic N) is 2. The molecular formula is C18H25N3O4. The van der Waals surface area contributed by atoms with E-state index >= 15 is 0 Å². The molecule has 1 unspecified atom stereocenters. The van der Waals surface area contributed by atoms with Crippen molar-refractivity contribution in [1.29, 1.82) is 0 Å². The number of ether oxygens (including phenoxy) is 1. The minimum atomic E-state index is -0.918. The number of nitrogens with one attached hydrogen (secondary N) is 1. The second-order valence-electron chi connectivity index (χ2n) is 6.19. The molecule has 0 aliphatic carbocycles. The Hall–Kier alpha value is -2.41. The number of aromatic nitrogens is 2. The van der Waals surface area contributed by atoms with Gasteiger partial charge in [0.2, 0.25) is 0 Å². The zero-order chi connectivity index (χ0) is 18.4. The maximum absolute atomic E-state index is 13.1. The summed E-state index contributed by atoms with van der Waals surface area (Å²) in [5.41, 5.74) is 2.15. The van der Waals surface area contributed by atoms with E-state index in [0.29, 0.717) is 37.3 Å². The number of carbonyl (C=O) groups excluding carboxylic acids is 1. The summed E-state index contributed by atoms with van der Waals surface area (Å²) in [6.07, 6.45) is 2.34. The second-order valence-corrected chi connectivity index (χ2v) is 6.19. The number of benzene rings is 1. The Morgan fingerprint density at radius 1 is 1.40 bits per heavy atom. The lowest BCUT2D eigenvalue weighted by Crippen LogP contribution is -2.38. The number of carboxylic acid groups (broad SMARTS) is 1. The summed E-state index contributed by atoms with van der Waals surface area (Å²) >= 11 is 0. The van der Waals surface area contributed by atoms with Crippen molar-refractivity contribution in [2.75, 3.05) is 26.3 Å². The number of amides is 1. The summed E-state index contributed by atoms with van der Waals surface area (Å²) in [5.74, 6) is -1.75. The van der Waals surface area contributed by atoms with Crippen molar-refractivity contribution < 1.29 is 19.4 Å². The number of carbonyl (C=O) groups is 2. The number of H-pyrrole nitrogens is 1. The van der Waals surface area contributed by atoms with E-state index in [1.165, 1.54) is 0 Å². The van der Waals surface area contributed by atoms with Crippen LogP contribution in [0.2, 0.25) is 0 Å². The quantitative estimate of drug-likeness (QED) is 0.679. The van der Waals surface area contributed by atoms with Crippen molar-refractivity contribution in [1.82, 2.24) is 15.1 Å². The third-order valence-corrected chi connectivity index (χ3v) is 4.05. The zero-order valence-electron chi connectivity index (χ0n) is 14.9. The Bertz CT molecular complexity index is 741. The molecule has 0 aliphatic rings. The molecule has 7 nitrogen and oxygen atoms in total. The number of aliphatic carboxylic acids is 1. The van der Waals surface area contributed by atoms with E-state index < -0.39 is 11.9 Å². The Kier molecular flexibility index (Phi) is 6.52. The number of hydrogen-bond donors (Lipinski definition) is 2. The predicted molar refractivity (Wildman–Crippen MR) is 94.6 cm³/mol. The third-order valence-electron chi connectivity index (χ3n) is 4.05. The normalized spacial score (nSPS) is 12.3. The molecule has 2 rings (SSSR count). The fourth-order valence-electron chi connectivity index (χ4n) is 2.73. The van der Waals surface area contributed by atoms with Gasteiger partial charge in [0.15, 0.2) is 0 Å². The first-order valence-corrected chi connectivity index (χ1v) is 8.47. The SMILES string of the molecule is CCOCCCN(CC(C)C(=O)O)C(=O)c1cc(C)cc2cn[nH]c12. The highest BCUT2D eigenvalue weighted by Crippen LogP contribution is 2.21. The van der Waals surface area contributed by atoms with Gasteiger partial charge in [-0.3, -0.25) is 14.7 Å². The molecular weight excluding hydrogens is 322 g/mol. The molecule has 2 N–H and O–H groups in total. The van der Waals surface area contributed by atoms with Gasteiger partial charge in [0.25, 0.3) is 5.91 Å². The van der Waals surface area contributed by atoms with Crippen LogP contribution in [0.15, 0.2) is 18.3 Å². The maximum atomic E-state index is 13.1. The van der Waals surface area contributed by atoms with Gasteiger partial charge in [-0.1, -0.05) is 6.92 Å². The van der Waals surface area contributed by atoms with Crippen LogP contribution in [0, 0.1) is 12.8 Å². The van der Waals surface area contributed by atoms with Crippen molar-refractivity contribution >= 4 is 22.8 Å². The predicted octanol–water partition coefficient (Wildman–Crippen LogP) is 2.46. The van der Waals surface area contributed by atoms with Gasteiger partial charge < -0.3 is 14.7 Å². The summed E-state index contributed by atoms with van der Waals surface area (Å²) in [6, 6.07) is 3.76. The lowest BCUT2D eigenvalue weighted by Gasteiger charge is -2.25. The van der Waals surface area contributed by atoms with Crippen LogP contribution in [0.5, 0.6) is 0 Å². The van der Waals surface area contributed by atoms with Crippen molar-refractivity contribution in [3.05, 3.63) is 29.5 Å². The molecule has 0 radical (unpaired) electrons. The zero-order valence-corrected chi connectivity index (χ0v) is 14.9. The molecule has 0 bridgehead atoms. The van der Waals surface area contributed by atoms with Crippen molar-refractivity contribution in [3.8, 4) is 0 Å². The Morgan fingerprint density at radius 3 is 2.84 bits per heavy atom. The molecule has 1 amide bonds. The van der Waals surface area contributed by atoms with E-state index in [-0.39, 0.29) is 12.5 Å². The van der Waals surface area contributed by atoms with Gasteiger partial charge in [-0.15, -0.1) is 0 Å². The van der Waals surface area contributed by atoms with E-state index in [1.807, 2.05) is 26.0 Å². The first-order chi connectivity index (χ1) is 11.9. The number of hydrogen-bond acceptors (Lipinski definition) is 4. The lowest BCUT2D eigenvalue weighted by molar-refractivity contribution is -0.141. The Morgan fingerprint density at radius 2 is 2.16 bits per heavy atom. The molecule has 1 aromatic heterocycles. The second kappa shape index (κ2) is 8.62. The number of aryl methyl sites for hydroxylation is 1. The fourth-order valence-corrected chi connectivity index (χ4v) is 2.73. The van der Waals surface area contributed by atoms with Crippen LogP contribution in [0.3, 0.4) is 0 Å². The highest BCUT2D eigenvalue weighted by atomic mass is 16.5. The minimum Gasteiger partial charge on any atom is -0.481 e. The Balaban J connectivity index is 2.25. The average molecular weight is 347 g/mol. The molecule has 25 heavy (non-hydrogen) atoms. The molecule has 0 fully saturated rings. The van der Waals surface area contributed by atoms with Crippen LogP contribution in [0.4, 0.5) is 0 Å². The first kappa shape index (κ1) is 18.9. The average Bonchev–Trinajstić information content (AvgIpc) is 3.04. The van der Waals surface area contributed by atoms with Gasteiger partial charge in [0.1, 0.15) is 0 Å². The molecule has 0 saturated carbocycles. The summed E-state index contributed by atoms with van der Waals surface area (Å²) < 4.78 is 5.33. The summed E-state index contributed by atoms with van der Waals surface area (Å²) in [5, 5.41) is 16.9. The van der Waals surface area contributed by atoms with Crippen LogP contribution in [-0.2, 0) is 9.53 Å². The number of fused-ring (bicyclic) bond motifs is 1. The van der Waals surface area contributed by atoms with Gasteiger partial charge in [0.05, 0.1) is 23.2 Å². The van der Waals surface area contributed by atoms with Gasteiger partial charge in [-0.2, -0.15) is 5.10 Å². The van der Waals surface area contributed by atoms with E-state index in [2.05, 4.69) is 10.2 Å². The third kappa shape index (κ3) is 4.79. The van der Waals surface area contributed by atoms with Crippen LogP contribution >= 0.6 is 0 Å². The fraction of sp³-hybridized carbons (Fsp3) is 0.500. The number of aromatic amines is 1. The van der Waals surface area contributed by atoms with Crippen LogP contribution in [0.1, 0.15) is 36.2 Å². The van der Waals surface area contributed by atoms with Gasteiger partial charge >= 0.3 is 5.97 Å². The lowest BCUT2D eigenvalue weighted by atomic mass is 10.1. The van der Waals surface area contributed by atoms with Crippen molar-refractivity contribution in [3.63, 3.8) is 0 Å². The first-order valence-electron chi connectivity index (χ1n) is 8.47. The largest absolute Gasteiger partial charge is 0.481 e. The highest BCUT2D eigenvalue weighted by Gasteiger charge is 2.23. The molecule has 0 aliphatic heterocycles. The molecule has 0 saturated heterocycles. The summed E-state index contributed by atoms with van der Waals surface area (Å²) in [4.78, 5) is 25.9. The minimum absolute atomic E-state index is 0.157. The highest BCUT2D eigenvalue weighted by molar-refractivity contribution is 6.05. The Labute approximate surface area is 147 Å². The van der Waals surface area contributed by atoms with Crippen molar-refractivity contribution in [2.45, 2.75) is 27.2 Å². The molecule has 136 valence electrons. The topological polar surface area (TPSA) is 95.5 Å². The van der Waals surface area contributed by atoms with Crippen LogP contribution in [0.25, 0.3) is 10.9 Å². The molecule has 1 atom stereocenters. The van der Waals surface area contributed by atoms with Gasteiger partial charge in [0, 0.05) is 31.7 Å². The molecule has 2 aromatic rings. The van der Waals surface area contributed by atoms with E-state index in [0.717, 1.165) is 10.9 Å². The van der Waals surface area contributed by atoms with E-state index in [9.17, 15) is 14.7 Å². The molecule has 1 heterocycles. The van der Waals surface area contributed by atoms with Gasteiger partial charge in [-0.25, -0.2) is 0 Å². The van der Waals surface area contributed by atoms with Crippen LogP contribution in [-0.4, -0.2) is 58.4 Å². The van der Waals surface area contributed by atoms with E-state index in [1.54, 1.807) is 18.0 Å².